The summed E-state index contributed by atoms with van der Waals surface area (Å²) in [6.45, 7) is 1.07. The number of rotatable bonds is 6. The van der Waals surface area contributed by atoms with Crippen molar-refractivity contribution in [3.05, 3.63) is 18.2 Å². The number of anilines is 1. The molecular formula is C16H25N5O3S. The third-order valence-corrected chi connectivity index (χ3v) is 6.23. The predicted molar refractivity (Wildman–Crippen MR) is 94.6 cm³/mol. The average Bonchev–Trinajstić information content (AvgIpc) is 3.40. The minimum absolute atomic E-state index is 0.0471. The van der Waals surface area contributed by atoms with Crippen LogP contribution in [0.15, 0.2) is 12.4 Å². The predicted octanol–water partition coefficient (Wildman–Crippen LogP) is 1.22. The summed E-state index contributed by atoms with van der Waals surface area (Å²) in [6, 6.07) is -0.231. The normalized spacial score (nSPS) is 21.2. The molecule has 0 bridgehead atoms. The van der Waals surface area contributed by atoms with Gasteiger partial charge in [-0.05, 0) is 44.6 Å². The van der Waals surface area contributed by atoms with Gasteiger partial charge in [-0.25, -0.2) is 27.9 Å². The van der Waals surface area contributed by atoms with Crippen LogP contribution in [-0.4, -0.2) is 55.2 Å². The lowest BCUT2D eigenvalue weighted by molar-refractivity contribution is 0.182. The number of hydrogen-bond acceptors (Lipinski definition) is 5. The molecule has 2 N–H and O–H groups in total. The first-order chi connectivity index (χ1) is 11.9. The molecule has 3 rings (SSSR count). The van der Waals surface area contributed by atoms with E-state index in [1.54, 1.807) is 17.3 Å². The number of nitrogens with one attached hydrogen (secondary N) is 2. The number of carbonyl (C=O) groups excluding carboxylic acids is 1. The van der Waals surface area contributed by atoms with E-state index in [1.807, 2.05) is 0 Å². The fourth-order valence-electron chi connectivity index (χ4n) is 3.09. The summed E-state index contributed by atoms with van der Waals surface area (Å²) in [6.07, 6.45) is 8.29. The molecular weight excluding hydrogens is 342 g/mol. The lowest BCUT2D eigenvalue weighted by atomic mass is 10.0. The highest BCUT2D eigenvalue weighted by Crippen LogP contribution is 2.31. The maximum absolute atomic E-state index is 12.4. The molecule has 1 saturated carbocycles. The van der Waals surface area contributed by atoms with Crippen LogP contribution in [0.5, 0.6) is 0 Å². The third-order valence-electron chi connectivity index (χ3n) is 4.70. The van der Waals surface area contributed by atoms with E-state index in [1.165, 1.54) is 19.9 Å². The Hall–Kier alpha value is -1.74. The fourth-order valence-corrected chi connectivity index (χ4v) is 4.15. The zero-order valence-corrected chi connectivity index (χ0v) is 15.3. The number of sulfonamides is 1. The minimum atomic E-state index is -3.27. The smallest absolute Gasteiger partial charge is 0.321 e. The minimum Gasteiger partial charge on any atom is -0.324 e. The zero-order chi connectivity index (χ0) is 17.9. The van der Waals surface area contributed by atoms with E-state index in [-0.39, 0.29) is 17.7 Å². The number of carbonyl (C=O) groups is 1. The van der Waals surface area contributed by atoms with E-state index in [0.717, 1.165) is 31.0 Å². The molecule has 1 saturated heterocycles. The van der Waals surface area contributed by atoms with Gasteiger partial charge >= 0.3 is 6.03 Å². The van der Waals surface area contributed by atoms with Crippen LogP contribution in [0, 0.1) is 11.8 Å². The molecule has 1 aliphatic heterocycles. The summed E-state index contributed by atoms with van der Waals surface area (Å²) in [4.78, 5) is 22.7. The van der Waals surface area contributed by atoms with Gasteiger partial charge in [0.05, 0.1) is 23.8 Å². The topological polar surface area (TPSA) is 104 Å². The number of amides is 2. The quantitative estimate of drug-likeness (QED) is 0.787. The Morgan fingerprint density at radius 1 is 1.24 bits per heavy atom. The number of aromatic nitrogens is 2. The van der Waals surface area contributed by atoms with E-state index in [9.17, 15) is 13.2 Å². The molecule has 0 radical (unpaired) electrons. The van der Waals surface area contributed by atoms with Gasteiger partial charge in [-0.2, -0.15) is 0 Å². The van der Waals surface area contributed by atoms with Crippen molar-refractivity contribution >= 4 is 21.7 Å². The molecule has 0 spiro atoms. The van der Waals surface area contributed by atoms with Crippen molar-refractivity contribution in [1.29, 1.82) is 0 Å². The SMILES string of the molecule is CNS(=O)(=O)CC1CCCN(C(=O)Nc2cnc(CC3CC3)nc2)C1. The Labute approximate surface area is 148 Å². The van der Waals surface area contributed by atoms with E-state index in [0.29, 0.717) is 18.8 Å². The number of hydrogen-bond donors (Lipinski definition) is 2. The van der Waals surface area contributed by atoms with Crippen LogP contribution in [0.3, 0.4) is 0 Å². The van der Waals surface area contributed by atoms with Gasteiger partial charge in [0.15, 0.2) is 0 Å². The van der Waals surface area contributed by atoms with Crippen LogP contribution < -0.4 is 10.0 Å². The van der Waals surface area contributed by atoms with Crippen molar-refractivity contribution in [2.75, 3.05) is 31.2 Å². The lowest BCUT2D eigenvalue weighted by Gasteiger charge is -2.32. The van der Waals surface area contributed by atoms with Gasteiger partial charge in [-0.1, -0.05) is 0 Å². The molecule has 9 heteroatoms. The summed E-state index contributed by atoms with van der Waals surface area (Å²) >= 11 is 0. The molecule has 1 aromatic rings. The van der Waals surface area contributed by atoms with E-state index < -0.39 is 10.0 Å². The number of urea groups is 1. The summed E-state index contributed by atoms with van der Waals surface area (Å²) in [7, 11) is -1.85. The number of piperidine rings is 1. The molecule has 8 nitrogen and oxygen atoms in total. The maximum Gasteiger partial charge on any atom is 0.321 e. The van der Waals surface area contributed by atoms with Crippen LogP contribution in [0.2, 0.25) is 0 Å². The maximum atomic E-state index is 12.4. The highest BCUT2D eigenvalue weighted by Gasteiger charge is 2.27. The Morgan fingerprint density at radius 2 is 1.96 bits per heavy atom. The van der Waals surface area contributed by atoms with Crippen molar-refractivity contribution < 1.29 is 13.2 Å². The van der Waals surface area contributed by atoms with Gasteiger partial charge in [0.2, 0.25) is 10.0 Å². The second-order valence-corrected chi connectivity index (χ2v) is 8.88. The summed E-state index contributed by atoms with van der Waals surface area (Å²) in [5, 5.41) is 2.80. The highest BCUT2D eigenvalue weighted by molar-refractivity contribution is 7.89. The Balaban J connectivity index is 1.53. The summed E-state index contributed by atoms with van der Waals surface area (Å²) in [5.74, 6) is 1.54. The van der Waals surface area contributed by atoms with Crippen LogP contribution in [-0.2, 0) is 16.4 Å². The summed E-state index contributed by atoms with van der Waals surface area (Å²) < 4.78 is 25.7. The standard InChI is InChI=1S/C16H25N5O3S/c1-17-25(23,24)11-13-3-2-6-21(10-13)16(22)20-14-8-18-15(19-9-14)7-12-4-5-12/h8-9,12-13,17H,2-7,10-11H2,1H3,(H,20,22). The van der Waals surface area contributed by atoms with Gasteiger partial charge in [0.25, 0.3) is 0 Å². The molecule has 2 fully saturated rings. The van der Waals surface area contributed by atoms with E-state index in [2.05, 4.69) is 20.0 Å². The third kappa shape index (κ3) is 5.37. The molecule has 2 aliphatic rings. The largest absolute Gasteiger partial charge is 0.324 e. The van der Waals surface area contributed by atoms with Crippen molar-refractivity contribution in [2.45, 2.75) is 32.1 Å². The van der Waals surface area contributed by atoms with Crippen LogP contribution in [0.25, 0.3) is 0 Å². The molecule has 1 atom stereocenters. The molecule has 1 aromatic heterocycles. The molecule has 0 aromatic carbocycles. The number of nitrogens with zero attached hydrogens (tertiary/aromatic N) is 3. The molecule has 138 valence electrons. The first-order valence-corrected chi connectivity index (χ1v) is 10.4. The van der Waals surface area contributed by atoms with Crippen molar-refractivity contribution in [1.82, 2.24) is 19.6 Å². The second-order valence-electron chi connectivity index (χ2n) is 6.91. The van der Waals surface area contributed by atoms with Crippen molar-refractivity contribution in [2.24, 2.45) is 11.8 Å². The molecule has 2 heterocycles. The van der Waals surface area contributed by atoms with Crippen molar-refractivity contribution in [3.63, 3.8) is 0 Å². The fraction of sp³-hybridized carbons (Fsp3) is 0.688. The second kappa shape index (κ2) is 7.65. The molecule has 25 heavy (non-hydrogen) atoms. The first-order valence-electron chi connectivity index (χ1n) is 8.73. The van der Waals surface area contributed by atoms with Gasteiger partial charge in [-0.15, -0.1) is 0 Å². The Bertz CT molecular complexity index is 703. The van der Waals surface area contributed by atoms with Gasteiger partial charge in [0.1, 0.15) is 5.82 Å². The average molecular weight is 367 g/mol. The number of likely N-dealkylation sites (tertiary alicyclic amines) is 1. The van der Waals surface area contributed by atoms with Crippen LogP contribution >= 0.6 is 0 Å². The van der Waals surface area contributed by atoms with Gasteiger partial charge < -0.3 is 10.2 Å². The van der Waals surface area contributed by atoms with Crippen molar-refractivity contribution in [3.8, 4) is 0 Å². The monoisotopic (exact) mass is 367 g/mol. The molecule has 1 aliphatic carbocycles. The zero-order valence-electron chi connectivity index (χ0n) is 14.4. The van der Waals surface area contributed by atoms with Crippen LogP contribution in [0.1, 0.15) is 31.5 Å². The van der Waals surface area contributed by atoms with E-state index >= 15 is 0 Å². The Kier molecular flexibility index (Phi) is 5.53. The summed E-state index contributed by atoms with van der Waals surface area (Å²) in [5.41, 5.74) is 0.564. The Morgan fingerprint density at radius 3 is 2.60 bits per heavy atom. The van der Waals surface area contributed by atoms with Gasteiger partial charge in [-0.3, -0.25) is 0 Å². The molecule has 1 unspecified atom stereocenters. The van der Waals surface area contributed by atoms with E-state index in [4.69, 9.17) is 0 Å². The van der Waals surface area contributed by atoms with Crippen LogP contribution in [0.4, 0.5) is 10.5 Å². The molecule has 2 amide bonds. The lowest BCUT2D eigenvalue weighted by Crippen LogP contribution is -2.44. The highest BCUT2D eigenvalue weighted by atomic mass is 32.2. The van der Waals surface area contributed by atoms with Gasteiger partial charge in [0, 0.05) is 19.5 Å². The first kappa shape index (κ1) is 18.1.